The lowest BCUT2D eigenvalue weighted by Crippen LogP contribution is -2.26. The molecule has 0 spiro atoms. The van der Waals surface area contributed by atoms with Crippen molar-refractivity contribution in [3.05, 3.63) is 95.3 Å². The molecule has 0 radical (unpaired) electrons. The molecule has 1 heterocycles. The molecule has 0 N–H and O–H groups in total. The summed E-state index contributed by atoms with van der Waals surface area (Å²) in [4.78, 5) is 25.5. The molecule has 0 unspecified atom stereocenters. The van der Waals surface area contributed by atoms with Crippen molar-refractivity contribution >= 4 is 24.0 Å². The molecule has 4 heteroatoms. The van der Waals surface area contributed by atoms with Crippen molar-refractivity contribution in [2.24, 2.45) is 0 Å². The smallest absolute Gasteiger partial charge is 0.418 e. The van der Waals surface area contributed by atoms with Gasteiger partial charge in [-0.2, -0.15) is 0 Å². The Bertz CT molecular complexity index is 993. The molecule has 1 aromatic heterocycles. The van der Waals surface area contributed by atoms with Crippen LogP contribution >= 0.6 is 0 Å². The van der Waals surface area contributed by atoms with Crippen LogP contribution in [-0.4, -0.2) is 22.0 Å². The fraction of sp³-hybridized carbons (Fsp3) is 0.167. The first-order chi connectivity index (χ1) is 13.3. The van der Waals surface area contributed by atoms with Crippen molar-refractivity contribution in [2.75, 3.05) is 0 Å². The molecule has 3 rings (SSSR count). The van der Waals surface area contributed by atoms with Crippen molar-refractivity contribution in [2.45, 2.75) is 26.4 Å². The van der Waals surface area contributed by atoms with Gasteiger partial charge >= 0.3 is 6.09 Å². The topological polar surface area (TPSA) is 48.3 Å². The lowest BCUT2D eigenvalue weighted by Gasteiger charge is -2.19. The van der Waals surface area contributed by atoms with Crippen LogP contribution in [0.2, 0.25) is 0 Å². The lowest BCUT2D eigenvalue weighted by atomic mass is 10.0. The van der Waals surface area contributed by atoms with Crippen LogP contribution in [0.3, 0.4) is 0 Å². The first-order valence-electron chi connectivity index (χ1n) is 9.12. The van der Waals surface area contributed by atoms with Gasteiger partial charge in [0.25, 0.3) is 0 Å². The number of carbonyl (C=O) groups excluding carboxylic acids is 2. The molecule has 0 fully saturated rings. The second-order valence-corrected chi connectivity index (χ2v) is 7.45. The van der Waals surface area contributed by atoms with Gasteiger partial charge in [-0.25, -0.2) is 4.79 Å². The van der Waals surface area contributed by atoms with Gasteiger partial charge in [0.1, 0.15) is 5.60 Å². The van der Waals surface area contributed by atoms with Crippen LogP contribution in [-0.2, 0) is 4.74 Å². The normalized spacial score (nSPS) is 11.5. The van der Waals surface area contributed by atoms with E-state index in [0.29, 0.717) is 16.7 Å². The third kappa shape index (κ3) is 4.86. The van der Waals surface area contributed by atoms with Crippen LogP contribution in [0.25, 0.3) is 12.2 Å². The van der Waals surface area contributed by atoms with E-state index in [2.05, 4.69) is 0 Å². The maximum atomic E-state index is 13.0. The Kier molecular flexibility index (Phi) is 5.59. The molecule has 0 amide bonds. The standard InChI is InChI=1S/C24H23NO3/c1-24(2,3)28-23(27)25-16-20(15-14-18-10-6-4-7-11-18)21(17-25)22(26)19-12-8-5-9-13-19/h4-17H,1-3H3/b15-14+. The van der Waals surface area contributed by atoms with E-state index in [4.69, 9.17) is 4.74 Å². The fourth-order valence-electron chi connectivity index (χ4n) is 2.71. The molecule has 142 valence electrons. The second kappa shape index (κ2) is 8.09. The number of hydrogen-bond donors (Lipinski definition) is 0. The minimum absolute atomic E-state index is 0.143. The SMILES string of the molecule is CC(C)(C)OC(=O)n1cc(/C=C/c2ccccc2)c(C(=O)c2ccccc2)c1. The summed E-state index contributed by atoms with van der Waals surface area (Å²) >= 11 is 0. The molecule has 0 aliphatic carbocycles. The molecule has 3 aromatic rings. The summed E-state index contributed by atoms with van der Waals surface area (Å²) in [7, 11) is 0. The van der Waals surface area contributed by atoms with Gasteiger partial charge < -0.3 is 4.74 Å². The van der Waals surface area contributed by atoms with Crippen molar-refractivity contribution in [1.82, 2.24) is 4.57 Å². The van der Waals surface area contributed by atoms with Crippen LogP contribution in [0, 0.1) is 0 Å². The molecule has 0 saturated carbocycles. The lowest BCUT2D eigenvalue weighted by molar-refractivity contribution is 0.0537. The zero-order chi connectivity index (χ0) is 20.1. The van der Waals surface area contributed by atoms with Crippen molar-refractivity contribution in [3.8, 4) is 0 Å². The molecule has 2 aromatic carbocycles. The Morgan fingerprint density at radius 1 is 0.857 bits per heavy atom. The van der Waals surface area contributed by atoms with Crippen LogP contribution < -0.4 is 0 Å². The largest absolute Gasteiger partial charge is 0.443 e. The van der Waals surface area contributed by atoms with E-state index in [9.17, 15) is 9.59 Å². The highest BCUT2D eigenvalue weighted by atomic mass is 16.6. The fourth-order valence-corrected chi connectivity index (χ4v) is 2.71. The quantitative estimate of drug-likeness (QED) is 0.553. The van der Waals surface area contributed by atoms with Gasteiger partial charge in [-0.1, -0.05) is 72.8 Å². The van der Waals surface area contributed by atoms with E-state index >= 15 is 0 Å². The monoisotopic (exact) mass is 373 g/mol. The first-order valence-corrected chi connectivity index (χ1v) is 9.12. The van der Waals surface area contributed by atoms with Gasteiger partial charge in [-0.3, -0.25) is 9.36 Å². The van der Waals surface area contributed by atoms with Gasteiger partial charge in [0, 0.05) is 29.1 Å². The predicted molar refractivity (Wildman–Crippen MR) is 111 cm³/mol. The molecular formula is C24H23NO3. The predicted octanol–water partition coefficient (Wildman–Crippen LogP) is 5.67. The molecule has 0 aliphatic rings. The first kappa shape index (κ1) is 19.4. The third-order valence-electron chi connectivity index (χ3n) is 4.00. The molecule has 4 nitrogen and oxygen atoms in total. The summed E-state index contributed by atoms with van der Waals surface area (Å²) in [6.07, 6.45) is 6.40. The van der Waals surface area contributed by atoms with Gasteiger partial charge in [0.15, 0.2) is 5.78 Å². The summed E-state index contributed by atoms with van der Waals surface area (Å²) in [6.45, 7) is 5.42. The van der Waals surface area contributed by atoms with Gasteiger partial charge in [-0.05, 0) is 26.3 Å². The van der Waals surface area contributed by atoms with Crippen molar-refractivity contribution in [1.29, 1.82) is 0 Å². The summed E-state index contributed by atoms with van der Waals surface area (Å²) < 4.78 is 6.75. The van der Waals surface area contributed by atoms with E-state index in [0.717, 1.165) is 5.56 Å². The van der Waals surface area contributed by atoms with Crippen molar-refractivity contribution < 1.29 is 14.3 Å². The highest BCUT2D eigenvalue weighted by Crippen LogP contribution is 2.20. The number of benzene rings is 2. The van der Waals surface area contributed by atoms with Crippen LogP contribution in [0.4, 0.5) is 4.79 Å². The summed E-state index contributed by atoms with van der Waals surface area (Å²) in [6, 6.07) is 18.8. The van der Waals surface area contributed by atoms with E-state index in [-0.39, 0.29) is 5.78 Å². The number of rotatable bonds is 4. The maximum Gasteiger partial charge on any atom is 0.418 e. The molecule has 0 atom stereocenters. The molecule has 0 saturated heterocycles. The Labute approximate surface area is 165 Å². The number of carbonyl (C=O) groups is 2. The summed E-state index contributed by atoms with van der Waals surface area (Å²) in [5, 5.41) is 0. The minimum atomic E-state index is -0.620. The zero-order valence-electron chi connectivity index (χ0n) is 16.3. The van der Waals surface area contributed by atoms with Crippen LogP contribution in [0.15, 0.2) is 73.1 Å². The Morgan fingerprint density at radius 2 is 1.46 bits per heavy atom. The van der Waals surface area contributed by atoms with Gasteiger partial charge in [-0.15, -0.1) is 0 Å². The van der Waals surface area contributed by atoms with E-state index in [1.54, 1.807) is 39.1 Å². The number of ketones is 1. The molecule has 28 heavy (non-hydrogen) atoms. The van der Waals surface area contributed by atoms with Crippen LogP contribution in [0.1, 0.15) is 47.8 Å². The minimum Gasteiger partial charge on any atom is -0.443 e. The molecular weight excluding hydrogens is 350 g/mol. The average Bonchev–Trinajstić information content (AvgIpc) is 3.10. The van der Waals surface area contributed by atoms with E-state index < -0.39 is 11.7 Å². The van der Waals surface area contributed by atoms with E-state index in [1.165, 1.54) is 10.8 Å². The van der Waals surface area contributed by atoms with Crippen molar-refractivity contribution in [3.63, 3.8) is 0 Å². The Hall–Kier alpha value is -3.40. The summed E-state index contributed by atoms with van der Waals surface area (Å²) in [5.74, 6) is -0.143. The average molecular weight is 373 g/mol. The number of hydrogen-bond acceptors (Lipinski definition) is 3. The maximum absolute atomic E-state index is 13.0. The number of nitrogens with zero attached hydrogens (tertiary/aromatic N) is 1. The van der Waals surface area contributed by atoms with Crippen LogP contribution in [0.5, 0.6) is 0 Å². The molecule has 0 bridgehead atoms. The van der Waals surface area contributed by atoms with Gasteiger partial charge in [0.2, 0.25) is 0 Å². The third-order valence-corrected chi connectivity index (χ3v) is 4.00. The number of ether oxygens (including phenoxy) is 1. The number of aromatic nitrogens is 1. The second-order valence-electron chi connectivity index (χ2n) is 7.45. The van der Waals surface area contributed by atoms with Gasteiger partial charge in [0.05, 0.1) is 0 Å². The summed E-state index contributed by atoms with van der Waals surface area (Å²) in [5.41, 5.74) is 2.06. The Morgan fingerprint density at radius 3 is 2.07 bits per heavy atom. The Balaban J connectivity index is 1.99. The molecule has 0 aliphatic heterocycles. The highest BCUT2D eigenvalue weighted by molar-refractivity contribution is 6.11. The van der Waals surface area contributed by atoms with E-state index in [1.807, 2.05) is 60.7 Å². The zero-order valence-corrected chi connectivity index (χ0v) is 16.3. The highest BCUT2D eigenvalue weighted by Gasteiger charge is 2.21.